The second-order valence-corrected chi connectivity index (χ2v) is 7.14. The summed E-state index contributed by atoms with van der Waals surface area (Å²) in [5, 5.41) is 10.3. The lowest BCUT2D eigenvalue weighted by molar-refractivity contribution is 0.218. The van der Waals surface area contributed by atoms with Crippen LogP contribution in [0.3, 0.4) is 0 Å². The van der Waals surface area contributed by atoms with Gasteiger partial charge in [0.25, 0.3) is 0 Å². The number of anilines is 1. The number of pyridine rings is 2. The Balaban J connectivity index is 0.00000240. The average Bonchev–Trinajstić information content (AvgIpc) is 3.09. The van der Waals surface area contributed by atoms with E-state index in [1.165, 1.54) is 9.96 Å². The van der Waals surface area contributed by atoms with Gasteiger partial charge in [0.15, 0.2) is 5.65 Å². The highest BCUT2D eigenvalue weighted by molar-refractivity contribution is 6.30. The molecule has 0 unspecified atom stereocenters. The Kier molecular flexibility index (Phi) is 11.7. The van der Waals surface area contributed by atoms with Gasteiger partial charge in [-0.3, -0.25) is 0 Å². The van der Waals surface area contributed by atoms with E-state index in [-0.39, 0.29) is 30.5 Å². The van der Waals surface area contributed by atoms with E-state index in [0.29, 0.717) is 23.2 Å². The third-order valence-corrected chi connectivity index (χ3v) is 5.00. The number of ether oxygens (including phenoxy) is 1. The molecule has 3 heterocycles. The molecule has 0 aromatic carbocycles. The van der Waals surface area contributed by atoms with Crippen molar-refractivity contribution >= 4 is 47.7 Å². The lowest BCUT2D eigenvalue weighted by atomic mass is 10.1. The number of likely N-dealkylation sites (N-methyl/N-ethyl adjacent to an activating group) is 1. The molecule has 3 aromatic heterocycles. The first kappa shape index (κ1) is 27.0. The molecule has 0 radical (unpaired) electrons. The number of rotatable bonds is 11. The summed E-state index contributed by atoms with van der Waals surface area (Å²) >= 11 is 6.09. The molecule has 2 N–H and O–H groups in total. The Morgan fingerprint density at radius 1 is 1.26 bits per heavy atom. The summed E-state index contributed by atoms with van der Waals surface area (Å²) in [6.07, 6.45) is 5.11. The van der Waals surface area contributed by atoms with Crippen LogP contribution in [0.2, 0.25) is 5.02 Å². The highest BCUT2D eigenvalue weighted by Crippen LogP contribution is 2.19. The normalized spacial score (nSPS) is 10.6. The van der Waals surface area contributed by atoms with Gasteiger partial charge in [-0.2, -0.15) is 5.10 Å². The van der Waals surface area contributed by atoms with Crippen molar-refractivity contribution in [1.82, 2.24) is 24.5 Å². The number of aryl methyl sites for hydroxylation is 1. The minimum absolute atomic E-state index is 0. The zero-order valence-corrected chi connectivity index (χ0v) is 20.0. The van der Waals surface area contributed by atoms with E-state index in [2.05, 4.69) is 39.2 Å². The molecule has 0 saturated carbocycles. The van der Waals surface area contributed by atoms with Gasteiger partial charge in [-0.05, 0) is 43.6 Å². The Labute approximate surface area is 199 Å². The Bertz CT molecular complexity index is 990. The maximum Gasteiger partial charge on any atom is 0.347 e. The molecular weight excluding hydrogens is 463 g/mol. The Morgan fingerprint density at radius 3 is 2.77 bits per heavy atom. The first-order chi connectivity index (χ1) is 14.1. The summed E-state index contributed by atoms with van der Waals surface area (Å²) in [6, 6.07) is 5.76. The summed E-state index contributed by atoms with van der Waals surface area (Å²) in [6.45, 7) is 8.58. The van der Waals surface area contributed by atoms with Crippen molar-refractivity contribution in [1.29, 1.82) is 0 Å². The predicted molar refractivity (Wildman–Crippen MR) is 130 cm³/mol. The number of fused-ring (bicyclic) bond motifs is 1. The minimum atomic E-state index is -0.309. The third kappa shape index (κ3) is 7.57. The van der Waals surface area contributed by atoms with Crippen molar-refractivity contribution in [2.24, 2.45) is 0 Å². The first-order valence-corrected chi connectivity index (χ1v) is 10.3. The molecule has 172 valence electrons. The number of aromatic amines is 1. The van der Waals surface area contributed by atoms with Crippen LogP contribution >= 0.6 is 36.4 Å². The van der Waals surface area contributed by atoms with Crippen LogP contribution in [-0.2, 0) is 6.42 Å². The van der Waals surface area contributed by atoms with Crippen molar-refractivity contribution < 1.29 is 4.74 Å². The standard InChI is InChI=1S/C20H27ClN6O2.2ClH/c1-3-26(4-2)10-11-29-18-12-15(7-9-23-18)6-5-8-22-17-13-16(21)14-27-19(17)24-25-20(27)28;;/h7,9,12-14,22H,3-6,8,10-11H2,1-2H3,(H,25,28);2*1H. The van der Waals surface area contributed by atoms with E-state index in [4.69, 9.17) is 16.3 Å². The van der Waals surface area contributed by atoms with Crippen LogP contribution in [0.5, 0.6) is 5.88 Å². The molecular formula is C20H29Cl3N6O2. The van der Waals surface area contributed by atoms with Crippen molar-refractivity contribution in [2.45, 2.75) is 26.7 Å². The zero-order chi connectivity index (χ0) is 20.6. The van der Waals surface area contributed by atoms with Crippen LogP contribution in [0.1, 0.15) is 25.8 Å². The van der Waals surface area contributed by atoms with Gasteiger partial charge in [-0.1, -0.05) is 25.4 Å². The van der Waals surface area contributed by atoms with Gasteiger partial charge in [-0.15, -0.1) is 24.8 Å². The SMILES string of the molecule is CCN(CC)CCOc1cc(CCCNc2cc(Cl)cn3c(=O)[nH]nc23)ccn1.Cl.Cl. The van der Waals surface area contributed by atoms with Crippen molar-refractivity contribution in [3.63, 3.8) is 0 Å². The van der Waals surface area contributed by atoms with Crippen molar-refractivity contribution in [3.8, 4) is 5.88 Å². The Morgan fingerprint density at radius 2 is 2.03 bits per heavy atom. The van der Waals surface area contributed by atoms with Crippen molar-refractivity contribution in [3.05, 3.63) is 51.7 Å². The molecule has 0 aliphatic heterocycles. The molecule has 11 heteroatoms. The highest BCUT2D eigenvalue weighted by atomic mass is 35.5. The summed E-state index contributed by atoms with van der Waals surface area (Å²) in [4.78, 5) is 18.3. The fourth-order valence-electron chi connectivity index (χ4n) is 3.13. The zero-order valence-electron chi connectivity index (χ0n) is 17.6. The molecule has 0 fully saturated rings. The van der Waals surface area contributed by atoms with Crippen LogP contribution in [0.15, 0.2) is 35.4 Å². The molecule has 0 bridgehead atoms. The number of hydrogen-bond donors (Lipinski definition) is 2. The number of hydrogen-bond acceptors (Lipinski definition) is 6. The second kappa shape index (κ2) is 13.4. The van der Waals surface area contributed by atoms with Gasteiger partial charge in [0, 0.05) is 31.5 Å². The lowest BCUT2D eigenvalue weighted by Crippen LogP contribution is -2.28. The third-order valence-electron chi connectivity index (χ3n) is 4.79. The molecule has 0 saturated heterocycles. The monoisotopic (exact) mass is 490 g/mol. The van der Waals surface area contributed by atoms with Crippen LogP contribution < -0.4 is 15.7 Å². The van der Waals surface area contributed by atoms with Crippen LogP contribution in [0.4, 0.5) is 5.69 Å². The average molecular weight is 492 g/mol. The number of aromatic nitrogens is 4. The van der Waals surface area contributed by atoms with E-state index in [1.54, 1.807) is 18.5 Å². The molecule has 0 aliphatic carbocycles. The second-order valence-electron chi connectivity index (χ2n) is 6.70. The van der Waals surface area contributed by atoms with Crippen LogP contribution in [0.25, 0.3) is 5.65 Å². The molecule has 0 spiro atoms. The molecule has 31 heavy (non-hydrogen) atoms. The minimum Gasteiger partial charge on any atom is -0.476 e. The predicted octanol–water partition coefficient (Wildman–Crippen LogP) is 3.68. The summed E-state index contributed by atoms with van der Waals surface area (Å²) in [5.41, 5.74) is 2.13. The van der Waals surface area contributed by atoms with Gasteiger partial charge < -0.3 is 15.0 Å². The van der Waals surface area contributed by atoms with E-state index >= 15 is 0 Å². The number of halogens is 3. The molecule has 3 rings (SSSR count). The van der Waals surface area contributed by atoms with Gasteiger partial charge in [-0.25, -0.2) is 19.3 Å². The number of nitrogens with zero attached hydrogens (tertiary/aromatic N) is 4. The van der Waals surface area contributed by atoms with Gasteiger partial charge in [0.1, 0.15) is 6.61 Å². The largest absolute Gasteiger partial charge is 0.476 e. The Hall–Kier alpha value is -2.00. The summed E-state index contributed by atoms with van der Waals surface area (Å²) in [5.74, 6) is 0.662. The molecule has 0 amide bonds. The summed E-state index contributed by atoms with van der Waals surface area (Å²) in [7, 11) is 0. The first-order valence-electron chi connectivity index (χ1n) is 9.91. The molecule has 8 nitrogen and oxygen atoms in total. The van der Waals surface area contributed by atoms with E-state index in [9.17, 15) is 4.79 Å². The summed E-state index contributed by atoms with van der Waals surface area (Å²) < 4.78 is 7.19. The van der Waals surface area contributed by atoms with Crippen LogP contribution in [0, 0.1) is 0 Å². The van der Waals surface area contributed by atoms with Gasteiger partial charge >= 0.3 is 5.69 Å². The van der Waals surface area contributed by atoms with E-state index in [1.807, 2.05) is 12.1 Å². The van der Waals surface area contributed by atoms with Crippen LogP contribution in [-0.4, -0.2) is 57.3 Å². The van der Waals surface area contributed by atoms with E-state index in [0.717, 1.165) is 44.7 Å². The fraction of sp³-hybridized carbons (Fsp3) is 0.450. The number of H-pyrrole nitrogens is 1. The molecule has 0 aliphatic rings. The topological polar surface area (TPSA) is 87.5 Å². The van der Waals surface area contributed by atoms with E-state index < -0.39 is 0 Å². The molecule has 3 aromatic rings. The smallest absolute Gasteiger partial charge is 0.347 e. The van der Waals surface area contributed by atoms with Gasteiger partial charge in [0.2, 0.25) is 5.88 Å². The lowest BCUT2D eigenvalue weighted by Gasteiger charge is -2.17. The number of nitrogens with one attached hydrogen (secondary N) is 2. The maximum absolute atomic E-state index is 11.7. The van der Waals surface area contributed by atoms with Crippen molar-refractivity contribution in [2.75, 3.05) is 38.1 Å². The fourth-order valence-corrected chi connectivity index (χ4v) is 3.33. The maximum atomic E-state index is 11.7. The highest BCUT2D eigenvalue weighted by Gasteiger charge is 2.08. The quantitative estimate of drug-likeness (QED) is 0.398. The van der Waals surface area contributed by atoms with Gasteiger partial charge in [0.05, 0.1) is 10.7 Å². The molecule has 0 atom stereocenters.